The largest absolute Gasteiger partial charge is 0.472 e. The van der Waals surface area contributed by atoms with Gasteiger partial charge in [0.1, 0.15) is 25.9 Å². The van der Waals surface area contributed by atoms with Gasteiger partial charge in [0.2, 0.25) is 0 Å². The molecular weight excluding hydrogens is 457 g/mol. The number of aliphatic hydroxyl groups is 1. The molecule has 9 heteroatoms. The molecule has 0 bridgehead atoms. The summed E-state index contributed by atoms with van der Waals surface area (Å²) in [4.78, 5) is 21.4. The van der Waals surface area contributed by atoms with Crippen LogP contribution in [-0.2, 0) is 23.1 Å². The van der Waals surface area contributed by atoms with Crippen molar-refractivity contribution in [3.8, 4) is 0 Å². The molecule has 0 amide bonds. The fraction of sp³-hybridized carbons (Fsp3) is 0.880. The molecule has 0 saturated carbocycles. The van der Waals surface area contributed by atoms with Gasteiger partial charge in [0.25, 0.3) is 0 Å². The van der Waals surface area contributed by atoms with E-state index in [2.05, 4.69) is 19.1 Å². The van der Waals surface area contributed by atoms with Crippen LogP contribution in [0.1, 0.15) is 90.4 Å². The predicted octanol–water partition coefficient (Wildman–Crippen LogP) is 5.38. The summed E-state index contributed by atoms with van der Waals surface area (Å²) in [6.07, 6.45) is 17.8. The number of esters is 1. The highest BCUT2D eigenvalue weighted by Gasteiger charge is 2.24. The van der Waals surface area contributed by atoms with Gasteiger partial charge in [-0.25, -0.2) is 4.57 Å². The van der Waals surface area contributed by atoms with E-state index < -0.39 is 20.5 Å². The van der Waals surface area contributed by atoms with Crippen LogP contribution in [0.25, 0.3) is 0 Å². The number of ether oxygens (including phenoxy) is 1. The monoisotopic (exact) mass is 508 g/mol. The van der Waals surface area contributed by atoms with Crippen LogP contribution >= 0.6 is 7.82 Å². The molecule has 0 aliphatic heterocycles. The zero-order chi connectivity index (χ0) is 25.7. The first kappa shape index (κ1) is 33.2. The first-order chi connectivity index (χ1) is 16.1. The molecule has 0 spiro atoms. The van der Waals surface area contributed by atoms with E-state index in [1.807, 2.05) is 21.1 Å². The van der Waals surface area contributed by atoms with Gasteiger partial charge in [0.15, 0.2) is 0 Å². The summed E-state index contributed by atoms with van der Waals surface area (Å²) in [5.41, 5.74) is 0. The Hall–Kier alpha value is -0.760. The van der Waals surface area contributed by atoms with Crippen molar-refractivity contribution in [3.63, 3.8) is 0 Å². The van der Waals surface area contributed by atoms with Crippen LogP contribution in [0.3, 0.4) is 0 Å². The van der Waals surface area contributed by atoms with Gasteiger partial charge in [-0.15, -0.1) is 0 Å². The fourth-order valence-corrected chi connectivity index (χ4v) is 3.87. The maximum absolute atomic E-state index is 11.8. The minimum atomic E-state index is -4.24. The molecule has 0 rings (SSSR count). The molecule has 0 heterocycles. The Morgan fingerprint density at radius 2 is 1.44 bits per heavy atom. The van der Waals surface area contributed by atoms with E-state index in [-0.39, 0.29) is 19.2 Å². The van der Waals surface area contributed by atoms with Crippen LogP contribution < -0.4 is 0 Å². The minimum absolute atomic E-state index is 0.0538. The van der Waals surface area contributed by atoms with Crippen LogP contribution in [0.4, 0.5) is 0 Å². The fourth-order valence-electron chi connectivity index (χ4n) is 3.12. The SMILES string of the molecule is CCCCCCC/C=C/CCCCCCCC(=O)OC[C@@H](O)COP(=O)(O)OCC[N+](C)(C)C. The second-order valence-electron chi connectivity index (χ2n) is 9.93. The normalized spacial score (nSPS) is 14.9. The van der Waals surface area contributed by atoms with Crippen molar-refractivity contribution >= 4 is 13.8 Å². The third kappa shape index (κ3) is 24.4. The molecular formula is C25H51NO7P+. The van der Waals surface area contributed by atoms with Gasteiger partial charge in [-0.2, -0.15) is 0 Å². The van der Waals surface area contributed by atoms with Gasteiger partial charge in [-0.1, -0.05) is 64.0 Å². The molecule has 0 aliphatic rings. The zero-order valence-electron chi connectivity index (χ0n) is 22.1. The number of aliphatic hydroxyl groups excluding tert-OH is 1. The molecule has 8 nitrogen and oxygen atoms in total. The molecule has 0 aromatic rings. The molecule has 34 heavy (non-hydrogen) atoms. The number of hydrogen-bond acceptors (Lipinski definition) is 6. The number of allylic oxidation sites excluding steroid dienone is 2. The number of likely N-dealkylation sites (N-methyl/N-ethyl adjacent to an activating group) is 1. The van der Waals surface area contributed by atoms with Crippen LogP contribution in [0.2, 0.25) is 0 Å². The molecule has 0 fully saturated rings. The van der Waals surface area contributed by atoms with Crippen LogP contribution in [0, 0.1) is 0 Å². The topological polar surface area (TPSA) is 102 Å². The number of unbranched alkanes of at least 4 members (excludes halogenated alkanes) is 10. The maximum Gasteiger partial charge on any atom is 0.472 e. The molecule has 0 aliphatic carbocycles. The Balaban J connectivity index is 3.61. The first-order valence-electron chi connectivity index (χ1n) is 13.0. The lowest BCUT2D eigenvalue weighted by Gasteiger charge is -2.24. The zero-order valence-corrected chi connectivity index (χ0v) is 23.0. The van der Waals surface area contributed by atoms with Crippen molar-refractivity contribution in [1.82, 2.24) is 0 Å². The van der Waals surface area contributed by atoms with Gasteiger partial charge in [-0.3, -0.25) is 13.8 Å². The average Bonchev–Trinajstić information content (AvgIpc) is 2.75. The molecule has 0 radical (unpaired) electrons. The van der Waals surface area contributed by atoms with Crippen molar-refractivity contribution in [1.29, 1.82) is 0 Å². The van der Waals surface area contributed by atoms with E-state index in [1.54, 1.807) is 0 Å². The van der Waals surface area contributed by atoms with E-state index in [1.165, 1.54) is 44.9 Å². The standard InChI is InChI=1S/C25H50NO7P/c1-5-6-7-8-9-10-11-12-13-14-15-16-17-18-19-25(28)31-22-24(27)23-33-34(29,30)32-21-20-26(2,3)4/h11-12,24,27H,5-10,13-23H2,1-4H3/p+1/b12-11+/t24-/m1/s1. The lowest BCUT2D eigenvalue weighted by molar-refractivity contribution is -0.870. The second-order valence-corrected chi connectivity index (χ2v) is 11.4. The van der Waals surface area contributed by atoms with Crippen molar-refractivity contribution in [2.24, 2.45) is 0 Å². The number of quaternary nitrogens is 1. The smallest absolute Gasteiger partial charge is 0.463 e. The molecule has 2 atom stereocenters. The predicted molar refractivity (Wildman–Crippen MR) is 136 cm³/mol. The van der Waals surface area contributed by atoms with Gasteiger partial charge >= 0.3 is 13.8 Å². The quantitative estimate of drug-likeness (QED) is 0.0628. The van der Waals surface area contributed by atoms with Gasteiger partial charge < -0.3 is 19.2 Å². The number of carbonyl (C=O) groups excluding carboxylic acids is 1. The first-order valence-corrected chi connectivity index (χ1v) is 14.5. The summed E-state index contributed by atoms with van der Waals surface area (Å²) >= 11 is 0. The van der Waals surface area contributed by atoms with E-state index >= 15 is 0 Å². The lowest BCUT2D eigenvalue weighted by atomic mass is 10.1. The number of phosphoric ester groups is 1. The van der Waals surface area contributed by atoms with Gasteiger partial charge in [0.05, 0.1) is 27.7 Å². The molecule has 2 N–H and O–H groups in total. The van der Waals surface area contributed by atoms with Crippen LogP contribution in [0.15, 0.2) is 12.2 Å². The third-order valence-electron chi connectivity index (χ3n) is 5.28. The molecule has 0 aromatic carbocycles. The van der Waals surface area contributed by atoms with Gasteiger partial charge in [-0.05, 0) is 32.1 Å². The van der Waals surface area contributed by atoms with E-state index in [0.29, 0.717) is 17.4 Å². The maximum atomic E-state index is 11.8. The Labute approximate surface area is 207 Å². The Morgan fingerprint density at radius 1 is 0.882 bits per heavy atom. The van der Waals surface area contributed by atoms with Crippen molar-refractivity contribution in [2.75, 3.05) is 47.5 Å². The summed E-state index contributed by atoms with van der Waals surface area (Å²) in [5, 5.41) is 9.81. The summed E-state index contributed by atoms with van der Waals surface area (Å²) in [6, 6.07) is 0. The number of nitrogens with zero attached hydrogens (tertiary/aromatic N) is 1. The molecule has 0 aromatic heterocycles. The highest BCUT2D eigenvalue weighted by molar-refractivity contribution is 7.47. The summed E-state index contributed by atoms with van der Waals surface area (Å²) < 4.78 is 27.0. The average molecular weight is 509 g/mol. The Morgan fingerprint density at radius 3 is 2.03 bits per heavy atom. The number of carbonyl (C=O) groups is 1. The van der Waals surface area contributed by atoms with Crippen LogP contribution in [0.5, 0.6) is 0 Å². The summed E-state index contributed by atoms with van der Waals surface area (Å²) in [5.74, 6) is -0.382. The van der Waals surface area contributed by atoms with E-state index in [0.717, 1.165) is 32.1 Å². The van der Waals surface area contributed by atoms with Gasteiger partial charge in [0, 0.05) is 6.42 Å². The van der Waals surface area contributed by atoms with E-state index in [4.69, 9.17) is 13.8 Å². The second kappa shape index (κ2) is 20.4. The lowest BCUT2D eigenvalue weighted by Crippen LogP contribution is -2.37. The van der Waals surface area contributed by atoms with Crippen molar-refractivity contribution in [2.45, 2.75) is 96.5 Å². The van der Waals surface area contributed by atoms with E-state index in [9.17, 15) is 19.4 Å². The molecule has 1 unspecified atom stereocenters. The van der Waals surface area contributed by atoms with Crippen molar-refractivity contribution in [3.05, 3.63) is 12.2 Å². The van der Waals surface area contributed by atoms with Crippen LogP contribution in [-0.4, -0.2) is 74.1 Å². The summed E-state index contributed by atoms with van der Waals surface area (Å²) in [6.45, 7) is 2.10. The number of hydrogen-bond donors (Lipinski definition) is 2. The summed E-state index contributed by atoms with van der Waals surface area (Å²) in [7, 11) is 1.55. The minimum Gasteiger partial charge on any atom is -0.463 e. The third-order valence-corrected chi connectivity index (χ3v) is 6.26. The highest BCUT2D eigenvalue weighted by Crippen LogP contribution is 2.43. The van der Waals surface area contributed by atoms with Crippen molar-refractivity contribution < 1.29 is 37.6 Å². The number of rotatable bonds is 23. The highest BCUT2D eigenvalue weighted by atomic mass is 31.2. The molecule has 0 saturated heterocycles. The molecule has 202 valence electrons. The Kier molecular flexibility index (Phi) is 20.0. The number of phosphoric acid groups is 1. The Bertz CT molecular complexity index is 578.